The van der Waals surface area contributed by atoms with Crippen molar-refractivity contribution in [2.24, 2.45) is 0 Å². The number of rotatable bonds is 7. The molecule has 0 spiro atoms. The molecule has 0 aliphatic heterocycles. The molecule has 1 aliphatic rings. The fourth-order valence-electron chi connectivity index (χ4n) is 3.85. The van der Waals surface area contributed by atoms with E-state index in [9.17, 15) is 13.2 Å². The van der Waals surface area contributed by atoms with Crippen molar-refractivity contribution in [3.8, 4) is 10.8 Å². The van der Waals surface area contributed by atoms with E-state index in [0.717, 1.165) is 37.0 Å². The summed E-state index contributed by atoms with van der Waals surface area (Å²) in [6, 6.07) is 9.67. The zero-order valence-corrected chi connectivity index (χ0v) is 18.8. The van der Waals surface area contributed by atoms with Gasteiger partial charge in [-0.3, -0.25) is 10.1 Å². The van der Waals surface area contributed by atoms with E-state index in [1.165, 1.54) is 35.6 Å². The maximum atomic E-state index is 13.1. The zero-order chi connectivity index (χ0) is 21.8. The fourth-order valence-corrected chi connectivity index (χ4v) is 6.19. The molecule has 0 atom stereocenters. The highest BCUT2D eigenvalue weighted by Gasteiger charge is 2.31. The van der Waals surface area contributed by atoms with Gasteiger partial charge in [0.2, 0.25) is 10.0 Å². The second-order valence-corrected chi connectivity index (χ2v) is 10.2. The van der Waals surface area contributed by atoms with Crippen molar-refractivity contribution < 1.29 is 17.6 Å². The third kappa shape index (κ3) is 4.70. The first-order chi connectivity index (χ1) is 15.0. The quantitative estimate of drug-likeness (QED) is 0.560. The van der Waals surface area contributed by atoms with Crippen molar-refractivity contribution in [1.82, 2.24) is 14.5 Å². The number of benzene rings is 1. The van der Waals surface area contributed by atoms with E-state index < -0.39 is 15.9 Å². The molecule has 1 N–H and O–H groups in total. The number of anilines is 1. The molecule has 164 valence electrons. The Labute approximate surface area is 185 Å². The molecule has 0 unspecified atom stereocenters. The summed E-state index contributed by atoms with van der Waals surface area (Å²) in [6.45, 7) is 2.29. The Morgan fingerprint density at radius 2 is 1.90 bits per heavy atom. The van der Waals surface area contributed by atoms with Gasteiger partial charge in [-0.15, -0.1) is 16.4 Å². The Hall–Kier alpha value is -2.56. The average Bonchev–Trinajstić information content (AvgIpc) is 3.47. The number of amides is 1. The lowest BCUT2D eigenvalue weighted by Gasteiger charge is -2.32. The SMILES string of the molecule is CCN(C1CCCCC1)S(=O)(=O)c1ccc(C(=O)Nc2nnc(-c3cccs3)o2)cc1. The first kappa shape index (κ1) is 21.7. The second-order valence-electron chi connectivity index (χ2n) is 7.37. The third-order valence-corrected chi connectivity index (χ3v) is 8.29. The summed E-state index contributed by atoms with van der Waals surface area (Å²) in [5, 5.41) is 12.2. The summed E-state index contributed by atoms with van der Waals surface area (Å²) in [7, 11) is -3.61. The van der Waals surface area contributed by atoms with Crippen LogP contribution >= 0.6 is 11.3 Å². The number of aromatic nitrogens is 2. The summed E-state index contributed by atoms with van der Waals surface area (Å²) >= 11 is 1.45. The summed E-state index contributed by atoms with van der Waals surface area (Å²) in [6.07, 6.45) is 5.06. The molecule has 1 aromatic carbocycles. The van der Waals surface area contributed by atoms with Gasteiger partial charge in [0.05, 0.1) is 9.77 Å². The molecule has 1 amide bonds. The number of hydrogen-bond donors (Lipinski definition) is 1. The molecule has 1 saturated carbocycles. The van der Waals surface area contributed by atoms with Gasteiger partial charge in [-0.05, 0) is 48.6 Å². The largest absolute Gasteiger partial charge is 0.402 e. The van der Waals surface area contributed by atoms with Crippen LogP contribution in [0.5, 0.6) is 0 Å². The monoisotopic (exact) mass is 460 g/mol. The maximum Gasteiger partial charge on any atom is 0.322 e. The highest BCUT2D eigenvalue weighted by Crippen LogP contribution is 2.28. The molecular formula is C21H24N4O4S2. The Morgan fingerprint density at radius 3 is 2.55 bits per heavy atom. The van der Waals surface area contributed by atoms with Crippen LogP contribution < -0.4 is 5.32 Å². The highest BCUT2D eigenvalue weighted by molar-refractivity contribution is 7.89. The van der Waals surface area contributed by atoms with Gasteiger partial charge in [-0.25, -0.2) is 8.42 Å². The van der Waals surface area contributed by atoms with Gasteiger partial charge in [0.15, 0.2) is 0 Å². The second kappa shape index (κ2) is 9.29. The van der Waals surface area contributed by atoms with E-state index in [2.05, 4.69) is 15.5 Å². The van der Waals surface area contributed by atoms with Crippen molar-refractivity contribution >= 4 is 33.3 Å². The number of sulfonamides is 1. The third-order valence-electron chi connectivity index (χ3n) is 5.39. The van der Waals surface area contributed by atoms with Gasteiger partial charge in [0.1, 0.15) is 0 Å². The van der Waals surface area contributed by atoms with Crippen molar-refractivity contribution in [2.45, 2.75) is 50.0 Å². The van der Waals surface area contributed by atoms with E-state index in [1.54, 1.807) is 4.31 Å². The minimum Gasteiger partial charge on any atom is -0.402 e. The van der Waals surface area contributed by atoms with Crippen molar-refractivity contribution in [2.75, 3.05) is 11.9 Å². The van der Waals surface area contributed by atoms with Crippen LogP contribution in [0.3, 0.4) is 0 Å². The van der Waals surface area contributed by atoms with Crippen LogP contribution in [0.2, 0.25) is 0 Å². The number of thiophene rings is 1. The number of carbonyl (C=O) groups excluding carboxylic acids is 1. The fraction of sp³-hybridized carbons (Fsp3) is 0.381. The molecule has 8 nitrogen and oxygen atoms in total. The predicted octanol–water partition coefficient (Wildman–Crippen LogP) is 4.39. The standard InChI is InChI=1S/C21H24N4O4S2/c1-2-25(16-7-4-3-5-8-16)31(27,28)17-12-10-15(11-13-17)19(26)22-21-24-23-20(29-21)18-9-6-14-30-18/h6,9-14,16H,2-5,7-8H2,1H3,(H,22,24,26). The van der Waals surface area contributed by atoms with Crippen molar-refractivity contribution in [3.05, 3.63) is 47.3 Å². The molecule has 1 fully saturated rings. The molecule has 0 bridgehead atoms. The molecule has 3 aromatic rings. The van der Waals surface area contributed by atoms with Gasteiger partial charge < -0.3 is 4.42 Å². The zero-order valence-electron chi connectivity index (χ0n) is 17.2. The first-order valence-corrected chi connectivity index (χ1v) is 12.6. The van der Waals surface area contributed by atoms with Crippen LogP contribution in [0.15, 0.2) is 51.1 Å². The molecule has 10 heteroatoms. The number of nitrogens with zero attached hydrogens (tertiary/aromatic N) is 3. The van der Waals surface area contributed by atoms with Gasteiger partial charge in [0.25, 0.3) is 11.8 Å². The summed E-state index contributed by atoms with van der Waals surface area (Å²) < 4.78 is 33.3. The van der Waals surface area contributed by atoms with E-state index in [-0.39, 0.29) is 17.0 Å². The number of nitrogens with one attached hydrogen (secondary N) is 1. The molecule has 31 heavy (non-hydrogen) atoms. The number of carbonyl (C=O) groups is 1. The Kier molecular flexibility index (Phi) is 6.49. The molecular weight excluding hydrogens is 436 g/mol. The lowest BCUT2D eigenvalue weighted by molar-refractivity contribution is 0.102. The van der Waals surface area contributed by atoms with Crippen LogP contribution in [0.25, 0.3) is 10.8 Å². The predicted molar refractivity (Wildman–Crippen MR) is 118 cm³/mol. The van der Waals surface area contributed by atoms with E-state index in [4.69, 9.17) is 4.42 Å². The normalized spacial score (nSPS) is 15.3. The average molecular weight is 461 g/mol. The van der Waals surface area contributed by atoms with Crippen molar-refractivity contribution in [1.29, 1.82) is 0 Å². The van der Waals surface area contributed by atoms with Crippen molar-refractivity contribution in [3.63, 3.8) is 0 Å². The summed E-state index contributed by atoms with van der Waals surface area (Å²) in [5.41, 5.74) is 0.301. The van der Waals surface area contributed by atoms with Crippen LogP contribution in [0, 0.1) is 0 Å². The van der Waals surface area contributed by atoms with Crippen LogP contribution in [0.1, 0.15) is 49.4 Å². The smallest absolute Gasteiger partial charge is 0.322 e. The molecule has 2 aromatic heterocycles. The minimum atomic E-state index is -3.61. The van der Waals surface area contributed by atoms with Gasteiger partial charge in [0, 0.05) is 18.2 Å². The molecule has 2 heterocycles. The van der Waals surface area contributed by atoms with Crippen LogP contribution in [0.4, 0.5) is 6.01 Å². The number of hydrogen-bond acceptors (Lipinski definition) is 7. The Balaban J connectivity index is 1.46. The van der Waals surface area contributed by atoms with E-state index in [0.29, 0.717) is 18.0 Å². The topological polar surface area (TPSA) is 105 Å². The summed E-state index contributed by atoms with van der Waals surface area (Å²) in [4.78, 5) is 13.5. The van der Waals surface area contributed by atoms with Crippen LogP contribution in [-0.4, -0.2) is 41.4 Å². The summed E-state index contributed by atoms with van der Waals surface area (Å²) in [5.74, 6) is -0.126. The minimum absolute atomic E-state index is 0.0143. The lowest BCUT2D eigenvalue weighted by atomic mass is 9.95. The van der Waals surface area contributed by atoms with E-state index in [1.807, 2.05) is 24.4 Å². The highest BCUT2D eigenvalue weighted by atomic mass is 32.2. The maximum absolute atomic E-state index is 13.1. The van der Waals surface area contributed by atoms with Gasteiger partial charge in [-0.1, -0.05) is 37.4 Å². The van der Waals surface area contributed by atoms with Gasteiger partial charge in [-0.2, -0.15) is 4.31 Å². The van der Waals surface area contributed by atoms with E-state index >= 15 is 0 Å². The lowest BCUT2D eigenvalue weighted by Crippen LogP contribution is -2.41. The molecule has 0 saturated heterocycles. The first-order valence-electron chi connectivity index (χ1n) is 10.3. The Bertz CT molecular complexity index is 1120. The molecule has 4 rings (SSSR count). The Morgan fingerprint density at radius 1 is 1.16 bits per heavy atom. The molecule has 0 radical (unpaired) electrons. The van der Waals surface area contributed by atoms with Gasteiger partial charge >= 0.3 is 6.01 Å². The van der Waals surface area contributed by atoms with Crippen LogP contribution in [-0.2, 0) is 10.0 Å². The molecule has 1 aliphatic carbocycles.